The van der Waals surface area contributed by atoms with Crippen LogP contribution in [0.4, 0.5) is 0 Å². The van der Waals surface area contributed by atoms with Crippen LogP contribution in [0.2, 0.25) is 0 Å². The van der Waals surface area contributed by atoms with Crippen molar-refractivity contribution >= 4 is 36.0 Å². The summed E-state index contributed by atoms with van der Waals surface area (Å²) >= 11 is 1.66. The lowest BCUT2D eigenvalue weighted by Gasteiger charge is -2.14. The Morgan fingerprint density at radius 3 is 2.73 bits per heavy atom. The number of nitrogens with one attached hydrogen (secondary N) is 2. The number of thioether (sulfide) groups is 1. The van der Waals surface area contributed by atoms with E-state index in [0.717, 1.165) is 11.6 Å². The summed E-state index contributed by atoms with van der Waals surface area (Å²) in [5.74, 6) is 0.960. The number of ether oxygens (including phenoxy) is 1. The SMILES string of the molecule is COC(=O)[C@H](C)NC(=O)[C@H]1CSCN1.Cl. The number of rotatable bonds is 3. The second-order valence-electron chi connectivity index (χ2n) is 3.03. The molecule has 7 heteroatoms. The Balaban J connectivity index is 0.00000196. The van der Waals surface area contributed by atoms with Crippen molar-refractivity contribution in [3.8, 4) is 0 Å². The third-order valence-corrected chi connectivity index (χ3v) is 2.89. The van der Waals surface area contributed by atoms with E-state index in [9.17, 15) is 9.59 Å². The van der Waals surface area contributed by atoms with Gasteiger partial charge in [-0.2, -0.15) is 0 Å². The molecule has 1 saturated heterocycles. The van der Waals surface area contributed by atoms with Gasteiger partial charge in [0.1, 0.15) is 6.04 Å². The Kier molecular flexibility index (Phi) is 6.71. The van der Waals surface area contributed by atoms with Crippen LogP contribution in [0.25, 0.3) is 0 Å². The average Bonchev–Trinajstić information content (AvgIpc) is 2.69. The summed E-state index contributed by atoms with van der Waals surface area (Å²) < 4.78 is 4.50. The number of methoxy groups -OCH3 is 1. The minimum absolute atomic E-state index is 0. The normalized spacial score (nSPS) is 21.3. The summed E-state index contributed by atoms with van der Waals surface area (Å²) in [6, 6.07) is -0.771. The molecule has 88 valence electrons. The fourth-order valence-corrected chi connectivity index (χ4v) is 2.06. The first-order chi connectivity index (χ1) is 6.65. The summed E-state index contributed by atoms with van der Waals surface area (Å²) in [6.07, 6.45) is 0. The smallest absolute Gasteiger partial charge is 0.328 e. The van der Waals surface area contributed by atoms with Crippen LogP contribution >= 0.6 is 24.2 Å². The zero-order valence-electron chi connectivity index (χ0n) is 8.61. The second kappa shape index (κ2) is 6.92. The molecule has 0 aromatic rings. The van der Waals surface area contributed by atoms with Gasteiger partial charge in [-0.05, 0) is 6.92 Å². The lowest BCUT2D eigenvalue weighted by atomic mass is 10.2. The molecule has 0 unspecified atom stereocenters. The molecule has 15 heavy (non-hydrogen) atoms. The second-order valence-corrected chi connectivity index (χ2v) is 4.06. The molecule has 1 fully saturated rings. The average molecular weight is 255 g/mol. The van der Waals surface area contributed by atoms with Gasteiger partial charge in [0.15, 0.2) is 0 Å². The van der Waals surface area contributed by atoms with E-state index in [1.165, 1.54) is 7.11 Å². The molecule has 0 aliphatic carbocycles. The highest BCUT2D eigenvalue weighted by Crippen LogP contribution is 2.09. The quantitative estimate of drug-likeness (QED) is 0.680. The monoisotopic (exact) mass is 254 g/mol. The van der Waals surface area contributed by atoms with Crippen LogP contribution in [0, 0.1) is 0 Å². The maximum absolute atomic E-state index is 11.5. The summed E-state index contributed by atoms with van der Waals surface area (Å²) in [5.41, 5.74) is 0. The lowest BCUT2D eigenvalue weighted by molar-refractivity contribution is -0.144. The van der Waals surface area contributed by atoms with Crippen LogP contribution in [-0.4, -0.2) is 42.7 Å². The van der Waals surface area contributed by atoms with Gasteiger partial charge < -0.3 is 10.1 Å². The Morgan fingerprint density at radius 1 is 1.60 bits per heavy atom. The van der Waals surface area contributed by atoms with Crippen LogP contribution in [0.5, 0.6) is 0 Å². The van der Waals surface area contributed by atoms with E-state index in [2.05, 4.69) is 15.4 Å². The Labute approximate surface area is 99.1 Å². The number of carbonyl (C=O) groups is 2. The van der Waals surface area contributed by atoms with Crippen LogP contribution in [0.15, 0.2) is 0 Å². The van der Waals surface area contributed by atoms with Gasteiger partial charge in [0.05, 0.1) is 13.2 Å². The van der Waals surface area contributed by atoms with E-state index in [1.54, 1.807) is 18.7 Å². The van der Waals surface area contributed by atoms with E-state index in [4.69, 9.17) is 0 Å². The largest absolute Gasteiger partial charge is 0.467 e. The van der Waals surface area contributed by atoms with Gasteiger partial charge in [0.25, 0.3) is 0 Å². The molecular formula is C8H15ClN2O3S. The minimum Gasteiger partial charge on any atom is -0.467 e. The van der Waals surface area contributed by atoms with Crippen molar-refractivity contribution in [3.63, 3.8) is 0 Å². The maximum Gasteiger partial charge on any atom is 0.328 e. The first-order valence-electron chi connectivity index (χ1n) is 4.34. The molecule has 0 spiro atoms. The van der Waals surface area contributed by atoms with Crippen molar-refractivity contribution in [3.05, 3.63) is 0 Å². The zero-order chi connectivity index (χ0) is 10.6. The molecule has 0 bridgehead atoms. The Morgan fingerprint density at radius 2 is 2.27 bits per heavy atom. The summed E-state index contributed by atoms with van der Waals surface area (Å²) in [7, 11) is 1.30. The Bertz CT molecular complexity index is 234. The third kappa shape index (κ3) is 4.27. The minimum atomic E-state index is -0.583. The number of amides is 1. The standard InChI is InChI=1S/C8H14N2O3S.ClH/c1-5(8(12)13-2)10-7(11)6-3-14-4-9-6;/h5-6,9H,3-4H2,1-2H3,(H,10,11);1H/t5-,6+;/m0./s1. The fourth-order valence-electron chi connectivity index (χ4n) is 1.11. The molecule has 0 aromatic heterocycles. The van der Waals surface area contributed by atoms with Crippen LogP contribution in [0.3, 0.4) is 0 Å². The van der Waals surface area contributed by atoms with Gasteiger partial charge in [-0.25, -0.2) is 4.79 Å². The fraction of sp³-hybridized carbons (Fsp3) is 0.750. The highest BCUT2D eigenvalue weighted by atomic mass is 35.5. The lowest BCUT2D eigenvalue weighted by Crippen LogP contribution is -2.48. The number of hydrogen-bond acceptors (Lipinski definition) is 5. The molecule has 0 saturated carbocycles. The molecule has 1 rings (SSSR count). The van der Waals surface area contributed by atoms with E-state index >= 15 is 0 Å². The van der Waals surface area contributed by atoms with Crippen molar-refractivity contribution in [2.24, 2.45) is 0 Å². The molecule has 0 aromatic carbocycles. The highest BCUT2D eigenvalue weighted by molar-refractivity contribution is 7.99. The van der Waals surface area contributed by atoms with E-state index < -0.39 is 12.0 Å². The number of halogens is 1. The molecule has 1 heterocycles. The van der Waals surface area contributed by atoms with Crippen LogP contribution in [-0.2, 0) is 14.3 Å². The predicted octanol–water partition coefficient (Wildman–Crippen LogP) is -0.252. The molecular weight excluding hydrogens is 240 g/mol. The van der Waals surface area contributed by atoms with Gasteiger partial charge in [-0.1, -0.05) is 0 Å². The molecule has 5 nitrogen and oxygen atoms in total. The van der Waals surface area contributed by atoms with E-state index in [-0.39, 0.29) is 24.4 Å². The third-order valence-electron chi connectivity index (χ3n) is 1.95. The summed E-state index contributed by atoms with van der Waals surface area (Å²) in [4.78, 5) is 22.5. The maximum atomic E-state index is 11.5. The van der Waals surface area contributed by atoms with Gasteiger partial charge in [-0.15, -0.1) is 24.2 Å². The highest BCUT2D eigenvalue weighted by Gasteiger charge is 2.25. The van der Waals surface area contributed by atoms with Gasteiger partial charge >= 0.3 is 5.97 Å². The van der Waals surface area contributed by atoms with Crippen molar-refractivity contribution in [1.29, 1.82) is 0 Å². The van der Waals surface area contributed by atoms with Crippen molar-refractivity contribution in [1.82, 2.24) is 10.6 Å². The van der Waals surface area contributed by atoms with Crippen LogP contribution < -0.4 is 10.6 Å². The number of hydrogen-bond donors (Lipinski definition) is 2. The molecule has 1 aliphatic rings. The molecule has 2 N–H and O–H groups in total. The number of esters is 1. The molecule has 1 aliphatic heterocycles. The Hall–Kier alpha value is -0.460. The summed E-state index contributed by atoms with van der Waals surface area (Å²) in [5, 5.41) is 5.60. The molecule has 0 radical (unpaired) electrons. The van der Waals surface area contributed by atoms with Crippen molar-refractivity contribution < 1.29 is 14.3 Å². The van der Waals surface area contributed by atoms with Crippen molar-refractivity contribution in [2.45, 2.75) is 19.0 Å². The van der Waals surface area contributed by atoms with Gasteiger partial charge in [0, 0.05) is 11.6 Å². The first-order valence-corrected chi connectivity index (χ1v) is 5.50. The summed E-state index contributed by atoms with van der Waals surface area (Å²) in [6.45, 7) is 1.60. The van der Waals surface area contributed by atoms with Gasteiger partial charge in [0.2, 0.25) is 5.91 Å². The van der Waals surface area contributed by atoms with Gasteiger partial charge in [-0.3, -0.25) is 10.1 Å². The molecule has 2 atom stereocenters. The van der Waals surface area contributed by atoms with Crippen molar-refractivity contribution in [2.75, 3.05) is 18.7 Å². The van der Waals surface area contributed by atoms with E-state index in [0.29, 0.717) is 0 Å². The van der Waals surface area contributed by atoms with E-state index in [1.807, 2.05) is 0 Å². The predicted molar refractivity (Wildman–Crippen MR) is 61.1 cm³/mol. The zero-order valence-corrected chi connectivity index (χ0v) is 10.2. The topological polar surface area (TPSA) is 67.4 Å². The molecule has 1 amide bonds. The first kappa shape index (κ1) is 14.5. The van der Waals surface area contributed by atoms with Crippen LogP contribution in [0.1, 0.15) is 6.92 Å². The number of carbonyl (C=O) groups excluding carboxylic acids is 2.